The summed E-state index contributed by atoms with van der Waals surface area (Å²) in [5.41, 5.74) is 4.30. The molecule has 3 saturated carbocycles. The van der Waals surface area contributed by atoms with E-state index in [0.717, 1.165) is 48.0 Å². The van der Waals surface area contributed by atoms with Gasteiger partial charge in [0.1, 0.15) is 5.69 Å². The van der Waals surface area contributed by atoms with Gasteiger partial charge in [0.15, 0.2) is 5.76 Å². The van der Waals surface area contributed by atoms with Crippen molar-refractivity contribution in [3.8, 4) is 11.5 Å². The van der Waals surface area contributed by atoms with Crippen LogP contribution in [0, 0.1) is 34.5 Å². The lowest BCUT2D eigenvalue weighted by atomic mass is 9.45. The van der Waals surface area contributed by atoms with Crippen LogP contribution in [0.2, 0.25) is 0 Å². The highest BCUT2D eigenvalue weighted by Crippen LogP contribution is 2.65. The van der Waals surface area contributed by atoms with E-state index in [2.05, 4.69) is 26.0 Å². The molecule has 6 rings (SSSR count). The Morgan fingerprint density at radius 2 is 1.86 bits per heavy atom. The van der Waals surface area contributed by atoms with Crippen molar-refractivity contribution in [3.05, 3.63) is 41.8 Å². The lowest BCUT2D eigenvalue weighted by molar-refractivity contribution is -0.111. The summed E-state index contributed by atoms with van der Waals surface area (Å²) in [4.78, 5) is 5.03. The molecule has 0 spiro atoms. The molecule has 4 aliphatic carbocycles. The first-order valence-corrected chi connectivity index (χ1v) is 11.7. The second-order valence-corrected chi connectivity index (χ2v) is 11.0. The number of furan rings is 1. The number of pyridine rings is 1. The van der Waals surface area contributed by atoms with Crippen LogP contribution in [0.1, 0.15) is 63.6 Å². The average Bonchev–Trinajstić information content (AvgIpc) is 3.34. The van der Waals surface area contributed by atoms with E-state index in [1.165, 1.54) is 49.8 Å². The van der Waals surface area contributed by atoms with Crippen molar-refractivity contribution in [2.24, 2.45) is 34.5 Å². The Hall–Kier alpha value is -1.61. The Kier molecular flexibility index (Phi) is 3.89. The van der Waals surface area contributed by atoms with E-state index in [4.69, 9.17) is 9.40 Å². The summed E-state index contributed by atoms with van der Waals surface area (Å²) in [6.45, 7) is 4.97. The van der Waals surface area contributed by atoms with E-state index < -0.39 is 0 Å². The lowest BCUT2D eigenvalue weighted by Gasteiger charge is -2.60. The van der Waals surface area contributed by atoms with Gasteiger partial charge >= 0.3 is 0 Å². The maximum Gasteiger partial charge on any atom is 0.152 e. The Balaban J connectivity index is 1.33. The molecule has 0 amide bonds. The second kappa shape index (κ2) is 6.20. The molecule has 0 radical (unpaired) electrons. The zero-order chi connectivity index (χ0) is 19.8. The summed E-state index contributed by atoms with van der Waals surface area (Å²) in [6.07, 6.45) is 11.4. The Morgan fingerprint density at radius 3 is 2.69 bits per heavy atom. The molecule has 7 atom stereocenters. The van der Waals surface area contributed by atoms with E-state index in [0.29, 0.717) is 5.41 Å². The van der Waals surface area contributed by atoms with E-state index >= 15 is 0 Å². The van der Waals surface area contributed by atoms with Crippen LogP contribution in [-0.2, 0) is 12.8 Å². The standard InChI is InChI=1S/C26H33NO2/c1-25-12-11-20-18(19(25)8-10-24(25)28)7-6-17-14-22-16(15-26(17,20)2)5-9-21(27-22)23-4-3-13-29-23/h3-5,9,13,17-20,24,28H,6-8,10-12,14-15H2,1-2H3/t17-,18?,19?,20?,24-,25-,26-/m0/s1. The molecule has 3 unspecified atom stereocenters. The molecule has 1 N–H and O–H groups in total. The van der Waals surface area contributed by atoms with Gasteiger partial charge in [-0.2, -0.15) is 0 Å². The van der Waals surface area contributed by atoms with Crippen LogP contribution >= 0.6 is 0 Å². The predicted octanol–water partition coefficient (Wildman–Crippen LogP) is 5.66. The highest BCUT2D eigenvalue weighted by atomic mass is 16.3. The number of fused-ring (bicyclic) bond motifs is 6. The summed E-state index contributed by atoms with van der Waals surface area (Å²) in [6, 6.07) is 8.40. The number of aliphatic hydroxyl groups excluding tert-OH is 1. The van der Waals surface area contributed by atoms with Crippen LogP contribution in [0.4, 0.5) is 0 Å². The van der Waals surface area contributed by atoms with Crippen molar-refractivity contribution in [2.45, 2.75) is 71.3 Å². The molecule has 4 aliphatic rings. The Morgan fingerprint density at radius 1 is 1.00 bits per heavy atom. The number of hydrogen-bond donors (Lipinski definition) is 1. The van der Waals surface area contributed by atoms with Crippen molar-refractivity contribution < 1.29 is 9.52 Å². The fourth-order valence-corrected chi connectivity index (χ4v) is 8.19. The largest absolute Gasteiger partial charge is 0.463 e. The first-order chi connectivity index (χ1) is 14.0. The van der Waals surface area contributed by atoms with Crippen molar-refractivity contribution in [1.82, 2.24) is 4.98 Å². The van der Waals surface area contributed by atoms with Gasteiger partial charge in [-0.15, -0.1) is 0 Å². The summed E-state index contributed by atoms with van der Waals surface area (Å²) in [7, 11) is 0. The van der Waals surface area contributed by atoms with Gasteiger partial charge in [-0.25, -0.2) is 4.98 Å². The van der Waals surface area contributed by atoms with Gasteiger partial charge in [-0.3, -0.25) is 0 Å². The third-order valence-corrected chi connectivity index (χ3v) is 9.87. The van der Waals surface area contributed by atoms with E-state index in [1.54, 1.807) is 6.26 Å². The fourth-order valence-electron chi connectivity index (χ4n) is 8.19. The van der Waals surface area contributed by atoms with Crippen LogP contribution < -0.4 is 0 Å². The first-order valence-electron chi connectivity index (χ1n) is 11.7. The van der Waals surface area contributed by atoms with Crippen LogP contribution in [0.5, 0.6) is 0 Å². The maximum atomic E-state index is 10.7. The van der Waals surface area contributed by atoms with Crippen LogP contribution in [-0.4, -0.2) is 16.2 Å². The summed E-state index contributed by atoms with van der Waals surface area (Å²) >= 11 is 0. The second-order valence-electron chi connectivity index (χ2n) is 11.0. The molecule has 3 heteroatoms. The van der Waals surface area contributed by atoms with Crippen molar-refractivity contribution >= 4 is 0 Å². The maximum absolute atomic E-state index is 10.7. The molecule has 0 aromatic carbocycles. The minimum atomic E-state index is -0.0738. The van der Waals surface area contributed by atoms with Gasteiger partial charge in [-0.1, -0.05) is 19.9 Å². The first kappa shape index (κ1) is 18.2. The quantitative estimate of drug-likeness (QED) is 0.682. The van der Waals surface area contributed by atoms with Crippen LogP contribution in [0.25, 0.3) is 11.5 Å². The van der Waals surface area contributed by atoms with Gasteiger partial charge in [0.05, 0.1) is 12.4 Å². The highest BCUT2D eigenvalue weighted by Gasteiger charge is 2.60. The van der Waals surface area contributed by atoms with Gasteiger partial charge in [0, 0.05) is 5.69 Å². The monoisotopic (exact) mass is 391 g/mol. The van der Waals surface area contributed by atoms with E-state index in [9.17, 15) is 5.11 Å². The Labute approximate surface area is 173 Å². The van der Waals surface area contributed by atoms with Gasteiger partial charge < -0.3 is 9.52 Å². The molecule has 0 saturated heterocycles. The summed E-state index contributed by atoms with van der Waals surface area (Å²) in [5, 5.41) is 10.7. The van der Waals surface area contributed by atoms with Crippen LogP contribution in [0.3, 0.4) is 0 Å². The topological polar surface area (TPSA) is 46.3 Å². The van der Waals surface area contributed by atoms with Gasteiger partial charge in [0.2, 0.25) is 0 Å². The molecule has 2 aromatic heterocycles. The smallest absolute Gasteiger partial charge is 0.152 e. The van der Waals surface area contributed by atoms with Crippen molar-refractivity contribution in [3.63, 3.8) is 0 Å². The molecule has 2 heterocycles. The van der Waals surface area contributed by atoms with Gasteiger partial charge in [0.25, 0.3) is 0 Å². The SMILES string of the molecule is C[C@]12CCC3C(CC[C@H]4Cc5nc(-c6ccco6)ccc5C[C@]34C)C1CC[C@@H]2O. The van der Waals surface area contributed by atoms with Crippen LogP contribution in [0.15, 0.2) is 34.9 Å². The molecule has 3 nitrogen and oxygen atoms in total. The Bertz CT molecular complexity index is 921. The number of rotatable bonds is 1. The average molecular weight is 392 g/mol. The number of nitrogens with zero attached hydrogens (tertiary/aromatic N) is 1. The molecule has 3 fully saturated rings. The molecular weight excluding hydrogens is 358 g/mol. The number of aliphatic hydroxyl groups is 1. The third kappa shape index (κ3) is 2.49. The van der Waals surface area contributed by atoms with Crippen molar-refractivity contribution in [2.75, 3.05) is 0 Å². The molecular formula is C26H33NO2. The van der Waals surface area contributed by atoms with Crippen molar-refractivity contribution in [1.29, 1.82) is 0 Å². The zero-order valence-corrected chi connectivity index (χ0v) is 17.7. The fraction of sp³-hybridized carbons (Fsp3) is 0.654. The predicted molar refractivity (Wildman–Crippen MR) is 113 cm³/mol. The van der Waals surface area contributed by atoms with E-state index in [-0.39, 0.29) is 11.5 Å². The zero-order valence-electron chi connectivity index (χ0n) is 17.7. The van der Waals surface area contributed by atoms with Gasteiger partial charge in [-0.05, 0) is 110 Å². The number of hydrogen-bond acceptors (Lipinski definition) is 3. The molecule has 29 heavy (non-hydrogen) atoms. The minimum Gasteiger partial charge on any atom is -0.463 e. The molecule has 2 aromatic rings. The number of aromatic nitrogens is 1. The highest BCUT2D eigenvalue weighted by molar-refractivity contribution is 5.53. The molecule has 0 bridgehead atoms. The minimum absolute atomic E-state index is 0.0738. The summed E-state index contributed by atoms with van der Waals surface area (Å²) < 4.78 is 5.58. The van der Waals surface area contributed by atoms with E-state index in [1.807, 2.05) is 12.1 Å². The molecule has 154 valence electrons. The molecule has 0 aliphatic heterocycles. The lowest BCUT2D eigenvalue weighted by Crippen LogP contribution is -2.54. The third-order valence-electron chi connectivity index (χ3n) is 9.87. The summed E-state index contributed by atoms with van der Waals surface area (Å²) in [5.74, 6) is 3.96. The normalized spacial score (nSPS) is 43.2.